The van der Waals surface area contributed by atoms with Crippen LogP contribution in [0.2, 0.25) is 0 Å². The lowest BCUT2D eigenvalue weighted by atomic mass is 9.84. The van der Waals surface area contributed by atoms with E-state index in [1.54, 1.807) is 13.0 Å². The molecule has 0 aliphatic carbocycles. The van der Waals surface area contributed by atoms with E-state index in [1.165, 1.54) is 19.1 Å². The lowest BCUT2D eigenvalue weighted by molar-refractivity contribution is -0.120. The summed E-state index contributed by atoms with van der Waals surface area (Å²) in [7, 11) is 0. The summed E-state index contributed by atoms with van der Waals surface area (Å²) in [6, 6.07) is 4.14. The van der Waals surface area contributed by atoms with Gasteiger partial charge in [0.25, 0.3) is 0 Å². The molecular weight excluding hydrogens is 287 g/mol. The van der Waals surface area contributed by atoms with Gasteiger partial charge in [-0.25, -0.2) is 4.39 Å². The number of carbonyl (C=O) groups excluding carboxylic acids is 1. The highest BCUT2D eigenvalue weighted by molar-refractivity contribution is 9.10. The Kier molecular flexibility index (Phi) is 4.40. The number of Topliss-reactive ketones (excluding diaryl/α,β-unsaturated/α-hetero) is 1. The second-order valence-electron chi connectivity index (χ2n) is 4.00. The topological polar surface area (TPSA) is 66.9 Å². The van der Waals surface area contributed by atoms with Gasteiger partial charge in [0.2, 0.25) is 0 Å². The molecule has 3 N–H and O–H groups in total. The lowest BCUT2D eigenvalue weighted by Gasteiger charge is -2.22. The highest BCUT2D eigenvalue weighted by atomic mass is 79.9. The second kappa shape index (κ2) is 5.40. The highest BCUT2D eigenvalue weighted by Gasteiger charge is 2.27. The van der Waals surface area contributed by atoms with Crippen LogP contribution in [-0.2, 0) is 4.79 Å². The second-order valence-corrected chi connectivity index (χ2v) is 4.85. The summed E-state index contributed by atoms with van der Waals surface area (Å²) in [6.07, 6.45) is 0. The minimum absolute atomic E-state index is 0.0542. The zero-order valence-electron chi connectivity index (χ0n) is 9.63. The summed E-state index contributed by atoms with van der Waals surface area (Å²) >= 11 is 3.23. The fourth-order valence-corrected chi connectivity index (χ4v) is 2.29. The largest absolute Gasteiger partial charge is 0.387 e. The van der Waals surface area contributed by atoms with E-state index >= 15 is 0 Å². The van der Waals surface area contributed by atoms with Gasteiger partial charge in [-0.05, 0) is 24.6 Å². The van der Waals surface area contributed by atoms with Crippen LogP contribution in [0.1, 0.15) is 25.3 Å². The normalized spacial score (nSPS) is 14.1. The standard InChI is InChI=1S/C12H14BrFN2O/c1-6(7(2)17)11(12(15)16)9-4-3-8(14)5-10(9)13/h3-6,11H,1-2H3,(H3,15,16). The van der Waals surface area contributed by atoms with Crippen molar-refractivity contribution in [3.05, 3.63) is 34.1 Å². The van der Waals surface area contributed by atoms with Crippen LogP contribution in [0.4, 0.5) is 4.39 Å². The number of ketones is 1. The van der Waals surface area contributed by atoms with Crippen molar-refractivity contribution in [1.82, 2.24) is 0 Å². The Bertz CT molecular complexity index is 462. The molecule has 17 heavy (non-hydrogen) atoms. The molecule has 0 aliphatic rings. The third-order valence-electron chi connectivity index (χ3n) is 2.77. The minimum atomic E-state index is -0.525. The van der Waals surface area contributed by atoms with E-state index in [-0.39, 0.29) is 17.4 Å². The maximum atomic E-state index is 13.0. The Morgan fingerprint density at radius 1 is 1.53 bits per heavy atom. The first-order valence-corrected chi connectivity index (χ1v) is 5.93. The van der Waals surface area contributed by atoms with Gasteiger partial charge in [-0.2, -0.15) is 0 Å². The molecule has 0 amide bonds. The molecule has 1 aromatic rings. The number of benzene rings is 1. The van der Waals surface area contributed by atoms with Crippen LogP contribution < -0.4 is 5.73 Å². The van der Waals surface area contributed by atoms with Gasteiger partial charge in [0.05, 0.1) is 11.8 Å². The molecule has 0 bridgehead atoms. The molecule has 0 heterocycles. The van der Waals surface area contributed by atoms with E-state index in [2.05, 4.69) is 15.9 Å². The van der Waals surface area contributed by atoms with E-state index in [0.29, 0.717) is 10.0 Å². The smallest absolute Gasteiger partial charge is 0.133 e. The molecule has 0 spiro atoms. The highest BCUT2D eigenvalue weighted by Crippen LogP contribution is 2.31. The van der Waals surface area contributed by atoms with Crippen LogP contribution >= 0.6 is 15.9 Å². The number of nitrogens with two attached hydrogens (primary N) is 1. The Hall–Kier alpha value is -1.23. The maximum absolute atomic E-state index is 13.0. The molecule has 0 fully saturated rings. The van der Waals surface area contributed by atoms with Crippen molar-refractivity contribution < 1.29 is 9.18 Å². The van der Waals surface area contributed by atoms with Crippen LogP contribution in [0.15, 0.2) is 22.7 Å². The molecule has 2 atom stereocenters. The van der Waals surface area contributed by atoms with Crippen LogP contribution in [0.5, 0.6) is 0 Å². The van der Waals surface area contributed by atoms with E-state index in [1.807, 2.05) is 0 Å². The molecule has 2 unspecified atom stereocenters. The zero-order valence-corrected chi connectivity index (χ0v) is 11.2. The third-order valence-corrected chi connectivity index (χ3v) is 3.46. The van der Waals surface area contributed by atoms with Crippen LogP contribution in [0.25, 0.3) is 0 Å². The Labute approximate surface area is 108 Å². The summed E-state index contributed by atoms with van der Waals surface area (Å²) in [6.45, 7) is 3.17. The number of amidine groups is 1. The molecule has 0 aliphatic heterocycles. The molecule has 5 heteroatoms. The van der Waals surface area contributed by atoms with Crippen molar-refractivity contribution in [2.45, 2.75) is 19.8 Å². The molecule has 92 valence electrons. The molecule has 0 saturated carbocycles. The molecule has 0 radical (unpaired) electrons. The van der Waals surface area contributed by atoms with Gasteiger partial charge in [-0.1, -0.05) is 28.9 Å². The van der Waals surface area contributed by atoms with Crippen LogP contribution in [0.3, 0.4) is 0 Å². The first kappa shape index (κ1) is 13.8. The zero-order chi connectivity index (χ0) is 13.2. The van der Waals surface area contributed by atoms with Gasteiger partial charge in [0, 0.05) is 10.4 Å². The number of carbonyl (C=O) groups is 1. The summed E-state index contributed by atoms with van der Waals surface area (Å²) in [5, 5.41) is 7.57. The Balaban J connectivity index is 3.23. The van der Waals surface area contributed by atoms with Crippen molar-refractivity contribution in [3.63, 3.8) is 0 Å². The molecule has 1 aromatic carbocycles. The Morgan fingerprint density at radius 2 is 2.12 bits per heavy atom. The number of hydrogen-bond donors (Lipinski definition) is 2. The number of hydrogen-bond acceptors (Lipinski definition) is 2. The number of halogens is 2. The fraction of sp³-hybridized carbons (Fsp3) is 0.333. The van der Waals surface area contributed by atoms with Crippen molar-refractivity contribution in [3.8, 4) is 0 Å². The monoisotopic (exact) mass is 300 g/mol. The quantitative estimate of drug-likeness (QED) is 0.663. The fourth-order valence-electron chi connectivity index (χ4n) is 1.69. The molecule has 3 nitrogen and oxygen atoms in total. The minimum Gasteiger partial charge on any atom is -0.387 e. The number of nitrogens with one attached hydrogen (secondary N) is 1. The summed E-state index contributed by atoms with van der Waals surface area (Å²) in [5.74, 6) is -1.46. The van der Waals surface area contributed by atoms with E-state index in [4.69, 9.17) is 11.1 Å². The maximum Gasteiger partial charge on any atom is 0.133 e. The molecule has 0 aromatic heterocycles. The van der Waals surface area contributed by atoms with Gasteiger partial charge < -0.3 is 5.73 Å². The van der Waals surface area contributed by atoms with Crippen LogP contribution in [-0.4, -0.2) is 11.6 Å². The van der Waals surface area contributed by atoms with E-state index in [9.17, 15) is 9.18 Å². The van der Waals surface area contributed by atoms with Crippen molar-refractivity contribution in [2.24, 2.45) is 11.7 Å². The SMILES string of the molecule is CC(=O)C(C)C(C(=N)N)c1ccc(F)cc1Br. The van der Waals surface area contributed by atoms with Crippen molar-refractivity contribution >= 4 is 27.5 Å². The predicted octanol–water partition coefficient (Wildman–Crippen LogP) is 2.83. The van der Waals surface area contributed by atoms with E-state index in [0.717, 1.165) is 0 Å². The molecular formula is C12H14BrFN2O. The summed E-state index contributed by atoms with van der Waals surface area (Å²) < 4.78 is 13.5. The summed E-state index contributed by atoms with van der Waals surface area (Å²) in [4.78, 5) is 11.4. The van der Waals surface area contributed by atoms with Crippen LogP contribution in [0, 0.1) is 17.1 Å². The Morgan fingerprint density at radius 3 is 2.53 bits per heavy atom. The first-order chi connectivity index (χ1) is 7.84. The van der Waals surface area contributed by atoms with Gasteiger partial charge >= 0.3 is 0 Å². The van der Waals surface area contributed by atoms with Crippen molar-refractivity contribution in [2.75, 3.05) is 0 Å². The summed E-state index contributed by atoms with van der Waals surface area (Å²) in [5.41, 5.74) is 6.19. The van der Waals surface area contributed by atoms with Gasteiger partial charge in [-0.15, -0.1) is 0 Å². The van der Waals surface area contributed by atoms with Crippen molar-refractivity contribution in [1.29, 1.82) is 5.41 Å². The molecule has 1 rings (SSSR count). The average molecular weight is 301 g/mol. The molecule has 0 saturated heterocycles. The van der Waals surface area contributed by atoms with Gasteiger partial charge in [0.15, 0.2) is 0 Å². The first-order valence-electron chi connectivity index (χ1n) is 5.14. The third kappa shape index (κ3) is 3.12. The van der Waals surface area contributed by atoms with E-state index < -0.39 is 11.8 Å². The lowest BCUT2D eigenvalue weighted by Crippen LogP contribution is -2.29. The average Bonchev–Trinajstić information content (AvgIpc) is 2.20. The number of rotatable bonds is 4. The predicted molar refractivity (Wildman–Crippen MR) is 68.6 cm³/mol. The van der Waals surface area contributed by atoms with Gasteiger partial charge in [0.1, 0.15) is 11.6 Å². The van der Waals surface area contributed by atoms with Gasteiger partial charge in [-0.3, -0.25) is 10.2 Å².